The van der Waals surface area contributed by atoms with Crippen molar-refractivity contribution in [2.24, 2.45) is 0 Å². The number of nitrogens with zero attached hydrogens (tertiary/aromatic N) is 3. The first-order valence-electron chi connectivity index (χ1n) is 8.95. The normalized spacial score (nSPS) is 12.4. The molecule has 8 nitrogen and oxygen atoms in total. The standard InChI is InChI=1S/C18H23N5O3S2.ClH/c1-4-6-14(23-28(24,25)18-12(2)22-26-13(18)3)9-20-15-7-5-8-19-17(15)16-10-27-11-21-16;/h5,7-8,10-11,14,20,23H,4,6,9H2,1-3H3;1H. The number of halogens is 1. The van der Waals surface area contributed by atoms with Gasteiger partial charge in [-0.1, -0.05) is 18.5 Å². The van der Waals surface area contributed by atoms with Crippen LogP contribution in [-0.4, -0.2) is 36.1 Å². The van der Waals surface area contributed by atoms with Gasteiger partial charge in [-0.2, -0.15) is 0 Å². The molecular formula is C18H24ClN5O3S2. The third-order valence-corrected chi connectivity index (χ3v) is 6.57. The molecule has 29 heavy (non-hydrogen) atoms. The van der Waals surface area contributed by atoms with Gasteiger partial charge in [0.2, 0.25) is 10.0 Å². The monoisotopic (exact) mass is 457 g/mol. The van der Waals surface area contributed by atoms with E-state index in [1.165, 1.54) is 11.3 Å². The number of nitrogens with one attached hydrogen (secondary N) is 2. The van der Waals surface area contributed by atoms with Crippen molar-refractivity contribution >= 4 is 39.5 Å². The zero-order valence-electron chi connectivity index (χ0n) is 16.4. The average Bonchev–Trinajstić information content (AvgIpc) is 3.30. The van der Waals surface area contributed by atoms with Crippen LogP contribution in [0, 0.1) is 13.8 Å². The van der Waals surface area contributed by atoms with Crippen LogP contribution in [0.2, 0.25) is 0 Å². The second kappa shape index (κ2) is 10.1. The zero-order chi connectivity index (χ0) is 20.1. The molecule has 0 spiro atoms. The van der Waals surface area contributed by atoms with Crippen LogP contribution in [0.3, 0.4) is 0 Å². The molecule has 3 aromatic heterocycles. The van der Waals surface area contributed by atoms with Crippen molar-refractivity contribution in [1.29, 1.82) is 0 Å². The maximum atomic E-state index is 12.8. The Hall–Kier alpha value is -2.01. The number of anilines is 1. The van der Waals surface area contributed by atoms with Gasteiger partial charge >= 0.3 is 0 Å². The Bertz CT molecular complexity index is 1000. The second-order valence-electron chi connectivity index (χ2n) is 6.41. The summed E-state index contributed by atoms with van der Waals surface area (Å²) in [6.07, 6.45) is 3.23. The molecule has 0 aliphatic carbocycles. The molecule has 0 bridgehead atoms. The van der Waals surface area contributed by atoms with Crippen molar-refractivity contribution < 1.29 is 12.9 Å². The van der Waals surface area contributed by atoms with Crippen molar-refractivity contribution in [3.8, 4) is 11.4 Å². The number of hydrogen-bond acceptors (Lipinski definition) is 8. The van der Waals surface area contributed by atoms with Gasteiger partial charge < -0.3 is 9.84 Å². The lowest BCUT2D eigenvalue weighted by molar-refractivity contribution is 0.390. The Morgan fingerprint density at radius 1 is 1.28 bits per heavy atom. The Morgan fingerprint density at radius 3 is 2.69 bits per heavy atom. The van der Waals surface area contributed by atoms with E-state index in [4.69, 9.17) is 4.52 Å². The number of thiazole rings is 1. The molecule has 0 aliphatic rings. The topological polar surface area (TPSA) is 110 Å². The van der Waals surface area contributed by atoms with Crippen LogP contribution in [0.1, 0.15) is 31.2 Å². The van der Waals surface area contributed by atoms with Crippen LogP contribution >= 0.6 is 23.7 Å². The van der Waals surface area contributed by atoms with E-state index in [9.17, 15) is 8.42 Å². The predicted octanol–water partition coefficient (Wildman–Crippen LogP) is 3.79. The predicted molar refractivity (Wildman–Crippen MR) is 116 cm³/mol. The zero-order valence-corrected chi connectivity index (χ0v) is 18.8. The molecule has 2 N–H and O–H groups in total. The van der Waals surface area contributed by atoms with Gasteiger partial charge in [0.15, 0.2) is 5.76 Å². The number of pyridine rings is 1. The van der Waals surface area contributed by atoms with E-state index >= 15 is 0 Å². The van der Waals surface area contributed by atoms with Gasteiger partial charge in [0, 0.05) is 24.2 Å². The minimum absolute atomic E-state index is 0. The summed E-state index contributed by atoms with van der Waals surface area (Å²) >= 11 is 1.50. The Balaban J connectivity index is 0.00000300. The van der Waals surface area contributed by atoms with Gasteiger partial charge in [-0.3, -0.25) is 4.98 Å². The lowest BCUT2D eigenvalue weighted by Crippen LogP contribution is -2.40. The van der Waals surface area contributed by atoms with Crippen LogP contribution < -0.4 is 10.0 Å². The molecule has 3 rings (SSSR count). The van der Waals surface area contributed by atoms with Crippen LogP contribution in [0.25, 0.3) is 11.4 Å². The van der Waals surface area contributed by atoms with Gasteiger partial charge in [0.25, 0.3) is 0 Å². The van der Waals surface area contributed by atoms with E-state index in [1.54, 1.807) is 25.6 Å². The molecule has 158 valence electrons. The first-order chi connectivity index (χ1) is 13.4. The molecule has 0 aromatic carbocycles. The minimum Gasteiger partial charge on any atom is -0.382 e. The van der Waals surface area contributed by atoms with E-state index in [-0.39, 0.29) is 29.1 Å². The number of hydrogen-bond donors (Lipinski definition) is 2. The summed E-state index contributed by atoms with van der Waals surface area (Å²) in [4.78, 5) is 8.83. The summed E-state index contributed by atoms with van der Waals surface area (Å²) in [6, 6.07) is 3.45. The van der Waals surface area contributed by atoms with Crippen molar-refractivity contribution in [2.45, 2.75) is 44.6 Å². The van der Waals surface area contributed by atoms with Gasteiger partial charge in [-0.25, -0.2) is 18.1 Å². The van der Waals surface area contributed by atoms with Gasteiger partial charge in [-0.15, -0.1) is 23.7 Å². The Labute approximate surface area is 180 Å². The lowest BCUT2D eigenvalue weighted by Gasteiger charge is -2.20. The van der Waals surface area contributed by atoms with Crippen LogP contribution in [0.15, 0.2) is 38.6 Å². The lowest BCUT2D eigenvalue weighted by atomic mass is 10.1. The first-order valence-corrected chi connectivity index (χ1v) is 11.4. The SMILES string of the molecule is CCCC(CNc1cccnc1-c1cscn1)NS(=O)(=O)c1c(C)noc1C.Cl. The molecule has 0 saturated carbocycles. The summed E-state index contributed by atoms with van der Waals surface area (Å²) in [5.74, 6) is 0.284. The summed E-state index contributed by atoms with van der Waals surface area (Å²) < 4.78 is 33.4. The maximum absolute atomic E-state index is 12.8. The fourth-order valence-corrected chi connectivity index (χ4v) is 5.14. The number of sulfonamides is 1. The Kier molecular flexibility index (Phi) is 8.14. The third kappa shape index (κ3) is 5.53. The van der Waals surface area contributed by atoms with Crippen molar-refractivity contribution in [1.82, 2.24) is 19.8 Å². The van der Waals surface area contributed by atoms with Crippen LogP contribution in [-0.2, 0) is 10.0 Å². The number of aryl methyl sites for hydroxylation is 2. The number of aromatic nitrogens is 3. The van der Waals surface area contributed by atoms with Gasteiger partial charge in [-0.05, 0) is 32.4 Å². The van der Waals surface area contributed by atoms with E-state index < -0.39 is 10.0 Å². The Morgan fingerprint density at radius 2 is 2.07 bits per heavy atom. The molecule has 1 unspecified atom stereocenters. The minimum atomic E-state index is -3.73. The van der Waals surface area contributed by atoms with E-state index in [0.29, 0.717) is 18.7 Å². The summed E-state index contributed by atoms with van der Waals surface area (Å²) in [7, 11) is -3.73. The third-order valence-electron chi connectivity index (χ3n) is 4.22. The molecule has 3 heterocycles. The maximum Gasteiger partial charge on any atom is 0.246 e. The van der Waals surface area contributed by atoms with Crippen molar-refractivity contribution in [2.75, 3.05) is 11.9 Å². The summed E-state index contributed by atoms with van der Waals surface area (Å²) in [6.45, 7) is 5.65. The van der Waals surface area contributed by atoms with E-state index in [1.807, 2.05) is 24.4 Å². The number of rotatable bonds is 9. The highest BCUT2D eigenvalue weighted by Crippen LogP contribution is 2.25. The van der Waals surface area contributed by atoms with Gasteiger partial charge in [0.1, 0.15) is 22.0 Å². The van der Waals surface area contributed by atoms with Crippen molar-refractivity contribution in [3.05, 3.63) is 40.7 Å². The van der Waals surface area contributed by atoms with E-state index in [0.717, 1.165) is 23.5 Å². The fourth-order valence-electron chi connectivity index (χ4n) is 3.00. The quantitative estimate of drug-likeness (QED) is 0.502. The molecule has 0 aliphatic heterocycles. The van der Waals surface area contributed by atoms with Crippen molar-refractivity contribution in [3.63, 3.8) is 0 Å². The average molecular weight is 458 g/mol. The first kappa shape index (κ1) is 23.3. The molecule has 0 fully saturated rings. The molecule has 0 amide bonds. The molecule has 1 atom stereocenters. The van der Waals surface area contributed by atoms with E-state index in [2.05, 4.69) is 25.2 Å². The summed E-state index contributed by atoms with van der Waals surface area (Å²) in [5.41, 5.74) is 4.45. The molecule has 0 radical (unpaired) electrons. The molecule has 11 heteroatoms. The smallest absolute Gasteiger partial charge is 0.246 e. The second-order valence-corrected chi connectivity index (χ2v) is 8.78. The molecular weight excluding hydrogens is 434 g/mol. The van der Waals surface area contributed by atoms with Crippen LogP contribution in [0.5, 0.6) is 0 Å². The molecule has 0 saturated heterocycles. The van der Waals surface area contributed by atoms with Crippen LogP contribution in [0.4, 0.5) is 5.69 Å². The van der Waals surface area contributed by atoms with Gasteiger partial charge in [0.05, 0.1) is 11.2 Å². The molecule has 3 aromatic rings. The highest BCUT2D eigenvalue weighted by molar-refractivity contribution is 7.89. The largest absolute Gasteiger partial charge is 0.382 e. The highest BCUT2D eigenvalue weighted by atomic mass is 35.5. The summed E-state index contributed by atoms with van der Waals surface area (Å²) in [5, 5.41) is 8.99. The fraction of sp³-hybridized carbons (Fsp3) is 0.389. The highest BCUT2D eigenvalue weighted by Gasteiger charge is 2.27.